The molecule has 2 aromatic carbocycles. The molecule has 0 saturated heterocycles. The fourth-order valence-corrected chi connectivity index (χ4v) is 4.00. The Morgan fingerprint density at radius 2 is 2.03 bits per heavy atom. The maximum Gasteiger partial charge on any atom is 0.288 e. The standard InChI is InChI=1S/C19H14ClN5O3S/c1-10-3-5-13(11(2)7-10)16-9-29-19-22-18(23-24(16)19)21-17(26)12-4-6-14(20)15(8-12)25(27)28/h3-9H,1-2H3,(H,21,23,26). The third-order valence-corrected chi connectivity index (χ3v) is 5.51. The molecule has 146 valence electrons. The van der Waals surface area contributed by atoms with Crippen LogP contribution in [0.25, 0.3) is 16.2 Å². The number of benzene rings is 2. The van der Waals surface area contributed by atoms with Gasteiger partial charge in [-0.2, -0.15) is 4.98 Å². The van der Waals surface area contributed by atoms with Gasteiger partial charge in [0.1, 0.15) is 5.02 Å². The van der Waals surface area contributed by atoms with Crippen molar-refractivity contribution >= 4 is 45.4 Å². The van der Waals surface area contributed by atoms with Gasteiger partial charge in [0.05, 0.1) is 10.6 Å². The summed E-state index contributed by atoms with van der Waals surface area (Å²) < 4.78 is 1.67. The third kappa shape index (κ3) is 3.57. The molecular formula is C19H14ClN5O3S. The van der Waals surface area contributed by atoms with Gasteiger partial charge in [-0.05, 0) is 31.5 Å². The van der Waals surface area contributed by atoms with E-state index >= 15 is 0 Å². The highest BCUT2D eigenvalue weighted by atomic mass is 35.5. The van der Waals surface area contributed by atoms with Gasteiger partial charge in [-0.15, -0.1) is 16.4 Å². The molecule has 1 amide bonds. The summed E-state index contributed by atoms with van der Waals surface area (Å²) in [5.74, 6) is -0.443. The van der Waals surface area contributed by atoms with E-state index in [4.69, 9.17) is 11.6 Å². The number of fused-ring (bicyclic) bond motifs is 1. The Morgan fingerprint density at radius 3 is 2.76 bits per heavy atom. The van der Waals surface area contributed by atoms with Crippen molar-refractivity contribution in [2.45, 2.75) is 13.8 Å². The average molecular weight is 428 g/mol. The lowest BCUT2D eigenvalue weighted by molar-refractivity contribution is -0.384. The molecule has 0 spiro atoms. The molecule has 0 unspecified atom stereocenters. The van der Waals surface area contributed by atoms with Gasteiger partial charge in [-0.3, -0.25) is 20.2 Å². The molecule has 0 saturated carbocycles. The first-order chi connectivity index (χ1) is 13.8. The molecule has 0 aliphatic rings. The van der Waals surface area contributed by atoms with Crippen molar-refractivity contribution in [3.8, 4) is 11.3 Å². The number of anilines is 1. The van der Waals surface area contributed by atoms with E-state index in [9.17, 15) is 14.9 Å². The molecule has 0 bridgehead atoms. The zero-order valence-electron chi connectivity index (χ0n) is 15.3. The van der Waals surface area contributed by atoms with Gasteiger partial charge >= 0.3 is 0 Å². The lowest BCUT2D eigenvalue weighted by Crippen LogP contribution is -2.13. The van der Waals surface area contributed by atoms with Gasteiger partial charge in [0.25, 0.3) is 17.5 Å². The molecule has 1 N–H and O–H groups in total. The van der Waals surface area contributed by atoms with Crippen LogP contribution in [0.3, 0.4) is 0 Å². The van der Waals surface area contributed by atoms with Crippen LogP contribution >= 0.6 is 22.9 Å². The van der Waals surface area contributed by atoms with E-state index in [1.807, 2.05) is 31.4 Å². The van der Waals surface area contributed by atoms with Crippen molar-refractivity contribution in [1.29, 1.82) is 0 Å². The molecule has 0 atom stereocenters. The Kier molecular flexibility index (Phi) is 4.77. The second-order valence-electron chi connectivity index (χ2n) is 6.45. The number of aryl methyl sites for hydroxylation is 2. The van der Waals surface area contributed by atoms with Crippen LogP contribution in [0.2, 0.25) is 5.02 Å². The fourth-order valence-electron chi connectivity index (χ4n) is 2.99. The summed E-state index contributed by atoms with van der Waals surface area (Å²) in [7, 11) is 0. The highest BCUT2D eigenvalue weighted by Crippen LogP contribution is 2.29. The molecule has 10 heteroatoms. The van der Waals surface area contributed by atoms with Gasteiger partial charge in [0, 0.05) is 22.6 Å². The number of rotatable bonds is 4. The molecule has 0 aliphatic carbocycles. The molecule has 29 heavy (non-hydrogen) atoms. The molecule has 8 nitrogen and oxygen atoms in total. The first-order valence-corrected chi connectivity index (χ1v) is 9.76. The molecule has 2 aromatic heterocycles. The summed E-state index contributed by atoms with van der Waals surface area (Å²) in [5.41, 5.74) is 3.93. The summed E-state index contributed by atoms with van der Waals surface area (Å²) in [6.45, 7) is 4.06. The number of nitro groups is 1. The van der Waals surface area contributed by atoms with Crippen LogP contribution in [0.15, 0.2) is 41.8 Å². The zero-order chi connectivity index (χ0) is 20.7. The van der Waals surface area contributed by atoms with Crippen molar-refractivity contribution in [2.24, 2.45) is 0 Å². The summed E-state index contributed by atoms with van der Waals surface area (Å²) >= 11 is 7.20. The minimum absolute atomic E-state index is 0.0368. The number of carbonyl (C=O) groups excluding carboxylic acids is 1. The normalized spacial score (nSPS) is 11.0. The predicted molar refractivity (Wildman–Crippen MR) is 112 cm³/mol. The third-order valence-electron chi connectivity index (χ3n) is 4.37. The lowest BCUT2D eigenvalue weighted by atomic mass is 10.0. The lowest BCUT2D eigenvalue weighted by Gasteiger charge is -2.05. The van der Waals surface area contributed by atoms with Crippen LogP contribution in [0, 0.1) is 24.0 Å². The summed E-state index contributed by atoms with van der Waals surface area (Å²) in [5, 5.41) is 19.9. The number of hydrogen-bond donors (Lipinski definition) is 1. The van der Waals surface area contributed by atoms with E-state index < -0.39 is 10.8 Å². The Bertz CT molecular complexity index is 1280. The molecule has 0 aliphatic heterocycles. The quantitative estimate of drug-likeness (QED) is 0.369. The van der Waals surface area contributed by atoms with Crippen LogP contribution < -0.4 is 5.32 Å². The number of nitrogens with zero attached hydrogens (tertiary/aromatic N) is 4. The first-order valence-electron chi connectivity index (χ1n) is 8.50. The van der Waals surface area contributed by atoms with Crippen LogP contribution in [0.1, 0.15) is 21.5 Å². The average Bonchev–Trinajstić information content (AvgIpc) is 3.22. The number of carbonyl (C=O) groups is 1. The topological polar surface area (TPSA) is 102 Å². The number of halogens is 1. The van der Waals surface area contributed by atoms with Gasteiger partial charge in [-0.1, -0.05) is 35.4 Å². The highest BCUT2D eigenvalue weighted by molar-refractivity contribution is 7.15. The van der Waals surface area contributed by atoms with Crippen molar-refractivity contribution in [2.75, 3.05) is 5.32 Å². The van der Waals surface area contributed by atoms with E-state index in [2.05, 4.69) is 21.5 Å². The second kappa shape index (κ2) is 7.26. The van der Waals surface area contributed by atoms with E-state index in [1.54, 1.807) is 4.52 Å². The van der Waals surface area contributed by atoms with E-state index in [-0.39, 0.29) is 22.2 Å². The van der Waals surface area contributed by atoms with E-state index in [1.165, 1.54) is 29.0 Å². The van der Waals surface area contributed by atoms with E-state index in [0.29, 0.717) is 4.96 Å². The molecule has 2 heterocycles. The molecule has 0 fully saturated rings. The molecule has 4 aromatic rings. The van der Waals surface area contributed by atoms with Gasteiger partial charge in [-0.25, -0.2) is 4.52 Å². The van der Waals surface area contributed by atoms with Crippen LogP contribution in [0.4, 0.5) is 11.6 Å². The smallest absolute Gasteiger partial charge is 0.288 e. The van der Waals surface area contributed by atoms with Gasteiger partial charge < -0.3 is 0 Å². The van der Waals surface area contributed by atoms with Crippen molar-refractivity contribution < 1.29 is 9.72 Å². The maximum absolute atomic E-state index is 12.5. The Balaban J connectivity index is 1.64. The zero-order valence-corrected chi connectivity index (χ0v) is 16.9. The molecule has 0 radical (unpaired) electrons. The summed E-state index contributed by atoms with van der Waals surface area (Å²) in [6.07, 6.45) is 0. The van der Waals surface area contributed by atoms with E-state index in [0.717, 1.165) is 22.9 Å². The highest BCUT2D eigenvalue weighted by Gasteiger charge is 2.19. The number of thiazole rings is 1. The van der Waals surface area contributed by atoms with Crippen LogP contribution in [-0.2, 0) is 0 Å². The summed E-state index contributed by atoms with van der Waals surface area (Å²) in [4.78, 5) is 27.8. The Hall–Kier alpha value is -3.30. The first kappa shape index (κ1) is 19.0. The number of amides is 1. The fraction of sp³-hybridized carbons (Fsp3) is 0.105. The number of nitrogens with one attached hydrogen (secondary N) is 1. The minimum atomic E-state index is -0.639. The largest absolute Gasteiger partial charge is 0.289 e. The molecule has 4 rings (SSSR count). The minimum Gasteiger partial charge on any atom is -0.289 e. The number of nitro benzene ring substituents is 1. The number of aromatic nitrogens is 3. The van der Waals surface area contributed by atoms with Crippen molar-refractivity contribution in [3.05, 3.63) is 73.6 Å². The Morgan fingerprint density at radius 1 is 1.24 bits per heavy atom. The predicted octanol–water partition coefficient (Wildman–Crippen LogP) is 4.89. The van der Waals surface area contributed by atoms with Crippen LogP contribution in [0.5, 0.6) is 0 Å². The Labute approximate surface area is 173 Å². The summed E-state index contributed by atoms with van der Waals surface area (Å²) in [6, 6.07) is 9.98. The maximum atomic E-state index is 12.5. The SMILES string of the molecule is Cc1ccc(-c2csc3nc(NC(=O)c4ccc(Cl)c([N+](=O)[O-])c4)nn23)c(C)c1. The number of hydrogen-bond acceptors (Lipinski definition) is 6. The molecular weight excluding hydrogens is 414 g/mol. The second-order valence-corrected chi connectivity index (χ2v) is 7.69. The van der Waals surface area contributed by atoms with Crippen LogP contribution in [-0.4, -0.2) is 25.4 Å². The van der Waals surface area contributed by atoms with Gasteiger partial charge in [0.15, 0.2) is 0 Å². The van der Waals surface area contributed by atoms with Gasteiger partial charge in [0.2, 0.25) is 4.96 Å². The van der Waals surface area contributed by atoms with Crippen molar-refractivity contribution in [1.82, 2.24) is 14.6 Å². The monoisotopic (exact) mass is 427 g/mol. The van der Waals surface area contributed by atoms with Crippen molar-refractivity contribution in [3.63, 3.8) is 0 Å².